The highest BCUT2D eigenvalue weighted by Crippen LogP contribution is 2.26. The van der Waals surface area contributed by atoms with Gasteiger partial charge in [0, 0.05) is 38.6 Å². The number of nitrogens with zero attached hydrogens (tertiary/aromatic N) is 2. The van der Waals surface area contributed by atoms with E-state index in [-0.39, 0.29) is 30.3 Å². The third kappa shape index (κ3) is 4.40. The molecule has 0 bridgehead atoms. The number of likely N-dealkylation sites (tertiary alicyclic amines) is 2. The summed E-state index contributed by atoms with van der Waals surface area (Å²) in [7, 11) is 0. The van der Waals surface area contributed by atoms with Gasteiger partial charge < -0.3 is 10.2 Å². The summed E-state index contributed by atoms with van der Waals surface area (Å²) in [4.78, 5) is 28.7. The molecule has 1 aromatic carbocycles. The summed E-state index contributed by atoms with van der Waals surface area (Å²) in [6.45, 7) is 3.67. The minimum atomic E-state index is -0.261. The molecule has 1 aromatic rings. The Morgan fingerprint density at radius 2 is 1.96 bits per heavy atom. The van der Waals surface area contributed by atoms with Crippen LogP contribution in [0.3, 0.4) is 0 Å². The Balaban J connectivity index is 1.49. The summed E-state index contributed by atoms with van der Waals surface area (Å²) in [6.07, 6.45) is 7.41. The largest absolute Gasteiger partial charge is 0.345 e. The quantitative estimate of drug-likeness (QED) is 0.822. The minimum absolute atomic E-state index is 0.0994. The van der Waals surface area contributed by atoms with Crippen LogP contribution < -0.4 is 5.32 Å². The van der Waals surface area contributed by atoms with Gasteiger partial charge >= 0.3 is 0 Å². The zero-order valence-corrected chi connectivity index (χ0v) is 14.5. The van der Waals surface area contributed by atoms with E-state index in [1.165, 1.54) is 5.56 Å². The van der Waals surface area contributed by atoms with Crippen molar-refractivity contribution in [1.82, 2.24) is 15.1 Å². The van der Waals surface area contributed by atoms with Crippen LogP contribution in [-0.2, 0) is 16.1 Å². The highest BCUT2D eigenvalue weighted by atomic mass is 16.2. The van der Waals surface area contributed by atoms with Crippen molar-refractivity contribution >= 4 is 11.8 Å². The van der Waals surface area contributed by atoms with E-state index >= 15 is 0 Å². The average Bonchev–Trinajstić information content (AvgIpc) is 3.03. The number of terminal acetylenes is 1. The van der Waals surface area contributed by atoms with Crippen LogP contribution in [0.4, 0.5) is 0 Å². The van der Waals surface area contributed by atoms with Crippen molar-refractivity contribution in [3.8, 4) is 12.3 Å². The van der Waals surface area contributed by atoms with Crippen LogP contribution in [0.1, 0.15) is 24.8 Å². The molecule has 0 saturated carbocycles. The topological polar surface area (TPSA) is 52.7 Å². The third-order valence-corrected chi connectivity index (χ3v) is 5.14. The molecule has 5 nitrogen and oxygen atoms in total. The molecule has 0 aliphatic carbocycles. The van der Waals surface area contributed by atoms with Crippen molar-refractivity contribution in [2.24, 2.45) is 5.92 Å². The SMILES string of the molecule is C#CCNC(=O)[C@H]1CC(=O)N(C2CCN(Cc3ccccc3)CC2)C1. The van der Waals surface area contributed by atoms with Gasteiger partial charge in [-0.1, -0.05) is 36.3 Å². The third-order valence-electron chi connectivity index (χ3n) is 5.14. The summed E-state index contributed by atoms with van der Waals surface area (Å²) < 4.78 is 0. The van der Waals surface area contributed by atoms with E-state index in [1.54, 1.807) is 0 Å². The normalized spacial score (nSPS) is 22.0. The Hall–Kier alpha value is -2.32. The summed E-state index contributed by atoms with van der Waals surface area (Å²) >= 11 is 0. The monoisotopic (exact) mass is 339 g/mol. The van der Waals surface area contributed by atoms with Gasteiger partial charge in [-0.2, -0.15) is 0 Å². The lowest BCUT2D eigenvalue weighted by Crippen LogP contribution is -2.45. The maximum Gasteiger partial charge on any atom is 0.226 e. The summed E-state index contributed by atoms with van der Waals surface area (Å²) in [6, 6.07) is 10.7. The van der Waals surface area contributed by atoms with Crippen LogP contribution in [0.5, 0.6) is 0 Å². The Morgan fingerprint density at radius 3 is 2.64 bits per heavy atom. The highest BCUT2D eigenvalue weighted by Gasteiger charge is 2.38. The lowest BCUT2D eigenvalue weighted by Gasteiger charge is -2.36. The van der Waals surface area contributed by atoms with Crippen LogP contribution in [0, 0.1) is 18.3 Å². The van der Waals surface area contributed by atoms with E-state index in [4.69, 9.17) is 6.42 Å². The molecule has 0 radical (unpaired) electrons. The molecule has 2 aliphatic heterocycles. The van der Waals surface area contributed by atoms with Crippen molar-refractivity contribution < 1.29 is 9.59 Å². The number of amides is 2. The molecule has 132 valence electrons. The summed E-state index contributed by atoms with van der Waals surface area (Å²) in [5.74, 6) is 2.13. The van der Waals surface area contributed by atoms with Crippen molar-refractivity contribution in [1.29, 1.82) is 0 Å². The molecule has 2 saturated heterocycles. The van der Waals surface area contributed by atoms with Crippen molar-refractivity contribution in [3.63, 3.8) is 0 Å². The predicted octanol–water partition coefficient (Wildman–Crippen LogP) is 1.25. The van der Waals surface area contributed by atoms with E-state index in [0.717, 1.165) is 32.5 Å². The number of nitrogens with one attached hydrogen (secondary N) is 1. The van der Waals surface area contributed by atoms with E-state index in [1.807, 2.05) is 11.0 Å². The zero-order valence-electron chi connectivity index (χ0n) is 14.5. The molecule has 0 unspecified atom stereocenters. The smallest absolute Gasteiger partial charge is 0.226 e. The number of carbonyl (C=O) groups is 2. The maximum atomic E-state index is 12.3. The van der Waals surface area contributed by atoms with Crippen LogP contribution in [0.15, 0.2) is 30.3 Å². The van der Waals surface area contributed by atoms with Crippen LogP contribution in [0.2, 0.25) is 0 Å². The lowest BCUT2D eigenvalue weighted by molar-refractivity contribution is -0.131. The van der Waals surface area contributed by atoms with Gasteiger partial charge in [0.2, 0.25) is 11.8 Å². The second-order valence-corrected chi connectivity index (χ2v) is 6.86. The molecule has 0 aromatic heterocycles. The Morgan fingerprint density at radius 1 is 1.24 bits per heavy atom. The molecule has 5 heteroatoms. The van der Waals surface area contributed by atoms with Gasteiger partial charge in [-0.15, -0.1) is 6.42 Å². The first-order valence-electron chi connectivity index (χ1n) is 8.94. The van der Waals surface area contributed by atoms with Crippen molar-refractivity contribution in [2.75, 3.05) is 26.2 Å². The molecule has 0 spiro atoms. The van der Waals surface area contributed by atoms with Crippen LogP contribution >= 0.6 is 0 Å². The van der Waals surface area contributed by atoms with Gasteiger partial charge in [-0.05, 0) is 18.4 Å². The predicted molar refractivity (Wildman–Crippen MR) is 96.4 cm³/mol. The molecule has 2 amide bonds. The first kappa shape index (κ1) is 17.5. The van der Waals surface area contributed by atoms with Crippen LogP contribution in [-0.4, -0.2) is 53.8 Å². The number of rotatable bonds is 5. The molecule has 1 N–H and O–H groups in total. The Bertz CT molecular complexity index is 645. The average molecular weight is 339 g/mol. The number of benzene rings is 1. The fourth-order valence-corrected chi connectivity index (χ4v) is 3.77. The number of hydrogen-bond acceptors (Lipinski definition) is 3. The number of carbonyl (C=O) groups excluding carboxylic acids is 2. The molecule has 1 atom stereocenters. The first-order valence-corrected chi connectivity index (χ1v) is 8.94. The zero-order chi connectivity index (χ0) is 17.6. The standard InChI is InChI=1S/C20H25N3O2/c1-2-10-21-20(25)17-13-19(24)23(15-17)18-8-11-22(12-9-18)14-16-6-4-3-5-7-16/h1,3-7,17-18H,8-15H2,(H,21,25)/t17-/m0/s1. The fraction of sp³-hybridized carbons (Fsp3) is 0.500. The summed E-state index contributed by atoms with van der Waals surface area (Å²) in [5.41, 5.74) is 1.32. The Kier molecular flexibility index (Phi) is 5.72. The second-order valence-electron chi connectivity index (χ2n) is 6.86. The molecular weight excluding hydrogens is 314 g/mol. The molecule has 2 fully saturated rings. The highest BCUT2D eigenvalue weighted by molar-refractivity contribution is 5.89. The maximum absolute atomic E-state index is 12.3. The van der Waals surface area contributed by atoms with Gasteiger partial charge in [0.25, 0.3) is 0 Å². The van der Waals surface area contributed by atoms with E-state index in [0.29, 0.717) is 13.0 Å². The fourth-order valence-electron chi connectivity index (χ4n) is 3.77. The van der Waals surface area contributed by atoms with Gasteiger partial charge in [-0.3, -0.25) is 14.5 Å². The van der Waals surface area contributed by atoms with Gasteiger partial charge in [0.15, 0.2) is 0 Å². The summed E-state index contributed by atoms with van der Waals surface area (Å²) in [5, 5.41) is 2.69. The lowest BCUT2D eigenvalue weighted by atomic mass is 10.0. The van der Waals surface area contributed by atoms with E-state index in [2.05, 4.69) is 40.4 Å². The second kappa shape index (κ2) is 8.17. The van der Waals surface area contributed by atoms with Crippen LogP contribution in [0.25, 0.3) is 0 Å². The van der Waals surface area contributed by atoms with Gasteiger partial charge in [-0.25, -0.2) is 0 Å². The first-order chi connectivity index (χ1) is 12.2. The number of piperidine rings is 1. The molecule has 2 aliphatic rings. The molecule has 2 heterocycles. The number of hydrogen-bond donors (Lipinski definition) is 1. The minimum Gasteiger partial charge on any atom is -0.345 e. The Labute approximate surface area is 149 Å². The molecule has 25 heavy (non-hydrogen) atoms. The molecular formula is C20H25N3O2. The van der Waals surface area contributed by atoms with E-state index in [9.17, 15) is 9.59 Å². The van der Waals surface area contributed by atoms with Gasteiger partial charge in [0.05, 0.1) is 12.5 Å². The van der Waals surface area contributed by atoms with Crippen molar-refractivity contribution in [2.45, 2.75) is 31.8 Å². The van der Waals surface area contributed by atoms with E-state index < -0.39 is 0 Å². The molecule has 3 rings (SSSR count). The van der Waals surface area contributed by atoms with Gasteiger partial charge in [0.1, 0.15) is 0 Å². The van der Waals surface area contributed by atoms with Crippen molar-refractivity contribution in [3.05, 3.63) is 35.9 Å².